The molecule has 0 N–H and O–H groups in total. The Balaban J connectivity index is 1.85. The van der Waals surface area contributed by atoms with Crippen LogP contribution in [0.5, 0.6) is 5.75 Å². The lowest BCUT2D eigenvalue weighted by Crippen LogP contribution is -2.05. The molecule has 0 bridgehead atoms. The molecule has 0 atom stereocenters. The lowest BCUT2D eigenvalue weighted by molar-refractivity contribution is -0.132. The average Bonchev–Trinajstić information content (AvgIpc) is 2.95. The summed E-state index contributed by atoms with van der Waals surface area (Å²) in [6.07, 6.45) is 1.60. The molecular weight excluding hydrogens is 330 g/mol. The van der Waals surface area contributed by atoms with Crippen LogP contribution in [0.2, 0.25) is 0 Å². The maximum Gasteiger partial charge on any atom is 0.363 e. The predicted molar refractivity (Wildman–Crippen MR) is 98.9 cm³/mol. The number of hydrogen-bond acceptors (Lipinski definition) is 5. The van der Waals surface area contributed by atoms with Crippen LogP contribution in [0, 0.1) is 0 Å². The van der Waals surface area contributed by atoms with E-state index in [0.29, 0.717) is 17.2 Å². The molecule has 1 aliphatic rings. The van der Waals surface area contributed by atoms with Gasteiger partial charge in [0.15, 0.2) is 5.70 Å². The Hall–Kier alpha value is -3.21. The van der Waals surface area contributed by atoms with Gasteiger partial charge >= 0.3 is 11.9 Å². The molecule has 0 aliphatic carbocycles. The number of nitrogens with zero attached hydrogens (tertiary/aromatic N) is 1. The Morgan fingerprint density at radius 3 is 2.54 bits per heavy atom. The molecule has 132 valence electrons. The van der Waals surface area contributed by atoms with Gasteiger partial charge in [0, 0.05) is 12.5 Å². The van der Waals surface area contributed by atoms with Crippen LogP contribution < -0.4 is 4.74 Å². The molecule has 2 aromatic rings. The van der Waals surface area contributed by atoms with Crippen molar-refractivity contribution in [2.75, 3.05) is 0 Å². The first-order chi connectivity index (χ1) is 12.4. The number of carbonyl (C=O) groups is 2. The van der Waals surface area contributed by atoms with Crippen molar-refractivity contribution in [2.24, 2.45) is 4.99 Å². The van der Waals surface area contributed by atoms with Crippen molar-refractivity contribution >= 4 is 23.9 Å². The first-order valence-corrected chi connectivity index (χ1v) is 8.34. The van der Waals surface area contributed by atoms with E-state index in [0.717, 1.165) is 5.56 Å². The Morgan fingerprint density at radius 1 is 1.15 bits per heavy atom. The number of hydrogen-bond donors (Lipinski definition) is 0. The van der Waals surface area contributed by atoms with Gasteiger partial charge in [0.2, 0.25) is 5.90 Å². The summed E-state index contributed by atoms with van der Waals surface area (Å²) in [6.45, 7) is 5.57. The summed E-state index contributed by atoms with van der Waals surface area (Å²) in [5.74, 6) is 0.211. The standard InChI is InChI=1S/C21H19NO4/c1-13(2)16-7-9-17(10-8-16)20-22-19(21(24)26-20)12-15-5-4-6-18(11-15)25-14(3)23/h4-13H,1-3H3/b19-12-. The molecule has 0 saturated heterocycles. The van der Waals surface area contributed by atoms with Gasteiger partial charge in [-0.25, -0.2) is 9.79 Å². The van der Waals surface area contributed by atoms with Gasteiger partial charge in [-0.1, -0.05) is 38.1 Å². The molecule has 26 heavy (non-hydrogen) atoms. The Labute approximate surface area is 152 Å². The van der Waals surface area contributed by atoms with Crippen LogP contribution in [-0.2, 0) is 14.3 Å². The smallest absolute Gasteiger partial charge is 0.363 e. The van der Waals surface area contributed by atoms with Crippen LogP contribution in [0.15, 0.2) is 59.2 Å². The maximum absolute atomic E-state index is 12.1. The zero-order chi connectivity index (χ0) is 18.7. The summed E-state index contributed by atoms with van der Waals surface area (Å²) in [5, 5.41) is 0. The third-order valence-electron chi connectivity index (χ3n) is 3.87. The number of carbonyl (C=O) groups excluding carboxylic acids is 2. The van der Waals surface area contributed by atoms with E-state index in [4.69, 9.17) is 9.47 Å². The first-order valence-electron chi connectivity index (χ1n) is 8.34. The normalized spacial score (nSPS) is 15.2. The van der Waals surface area contributed by atoms with Crippen molar-refractivity contribution < 1.29 is 19.1 Å². The minimum atomic E-state index is -0.508. The van der Waals surface area contributed by atoms with E-state index in [-0.39, 0.29) is 11.6 Å². The number of benzene rings is 2. The lowest BCUT2D eigenvalue weighted by Gasteiger charge is -2.05. The minimum Gasteiger partial charge on any atom is -0.427 e. The van der Waals surface area contributed by atoms with Crippen molar-refractivity contribution in [1.29, 1.82) is 0 Å². The van der Waals surface area contributed by atoms with E-state index >= 15 is 0 Å². The molecule has 0 aromatic heterocycles. The molecule has 3 rings (SSSR count). The highest BCUT2D eigenvalue weighted by atomic mass is 16.6. The van der Waals surface area contributed by atoms with Gasteiger partial charge in [0.05, 0.1) is 0 Å². The molecular formula is C21H19NO4. The highest BCUT2D eigenvalue weighted by Gasteiger charge is 2.24. The number of rotatable bonds is 4. The van der Waals surface area contributed by atoms with E-state index in [1.807, 2.05) is 24.3 Å². The summed E-state index contributed by atoms with van der Waals surface area (Å²) >= 11 is 0. The van der Waals surface area contributed by atoms with Crippen LogP contribution >= 0.6 is 0 Å². The van der Waals surface area contributed by atoms with Crippen molar-refractivity contribution in [3.63, 3.8) is 0 Å². The van der Waals surface area contributed by atoms with E-state index in [1.165, 1.54) is 12.5 Å². The van der Waals surface area contributed by atoms with Gasteiger partial charge in [0.25, 0.3) is 0 Å². The van der Waals surface area contributed by atoms with E-state index in [9.17, 15) is 9.59 Å². The van der Waals surface area contributed by atoms with Crippen LogP contribution in [0.3, 0.4) is 0 Å². The Morgan fingerprint density at radius 2 is 1.88 bits per heavy atom. The van der Waals surface area contributed by atoms with E-state index in [1.54, 1.807) is 30.3 Å². The molecule has 0 fully saturated rings. The zero-order valence-electron chi connectivity index (χ0n) is 14.9. The van der Waals surface area contributed by atoms with Crippen LogP contribution in [0.4, 0.5) is 0 Å². The fourth-order valence-corrected chi connectivity index (χ4v) is 2.53. The fraction of sp³-hybridized carbons (Fsp3) is 0.190. The monoisotopic (exact) mass is 349 g/mol. The summed E-state index contributed by atoms with van der Waals surface area (Å²) in [6, 6.07) is 14.6. The van der Waals surface area contributed by atoms with Gasteiger partial charge in [-0.3, -0.25) is 4.79 Å². The fourth-order valence-electron chi connectivity index (χ4n) is 2.53. The summed E-state index contributed by atoms with van der Waals surface area (Å²) < 4.78 is 10.3. The molecule has 0 spiro atoms. The third kappa shape index (κ3) is 4.06. The predicted octanol–water partition coefficient (Wildman–Crippen LogP) is 4.08. The molecule has 5 nitrogen and oxygen atoms in total. The second kappa shape index (κ2) is 7.35. The summed E-state index contributed by atoms with van der Waals surface area (Å²) in [5.41, 5.74) is 2.85. The molecule has 0 saturated carbocycles. The Bertz CT molecular complexity index is 908. The number of aliphatic imine (C=N–C) groups is 1. The minimum absolute atomic E-state index is 0.202. The van der Waals surface area contributed by atoms with Crippen molar-refractivity contribution in [2.45, 2.75) is 26.7 Å². The van der Waals surface area contributed by atoms with Gasteiger partial charge in [-0.2, -0.15) is 0 Å². The second-order valence-corrected chi connectivity index (χ2v) is 6.28. The topological polar surface area (TPSA) is 65.0 Å². The first kappa shape index (κ1) is 17.6. The molecule has 2 aromatic carbocycles. The molecule has 0 amide bonds. The van der Waals surface area contributed by atoms with Gasteiger partial charge in [-0.15, -0.1) is 0 Å². The molecule has 0 radical (unpaired) electrons. The highest BCUT2D eigenvalue weighted by molar-refractivity contribution is 6.12. The van der Waals surface area contributed by atoms with Gasteiger partial charge in [0.1, 0.15) is 5.75 Å². The summed E-state index contributed by atoms with van der Waals surface area (Å²) in [4.78, 5) is 27.5. The number of esters is 2. The van der Waals surface area contributed by atoms with Crippen molar-refractivity contribution in [3.8, 4) is 5.75 Å². The lowest BCUT2D eigenvalue weighted by atomic mass is 10.0. The quantitative estimate of drug-likeness (QED) is 0.474. The van der Waals surface area contributed by atoms with E-state index in [2.05, 4.69) is 18.8 Å². The van der Waals surface area contributed by atoms with Crippen molar-refractivity contribution in [1.82, 2.24) is 0 Å². The van der Waals surface area contributed by atoms with Crippen molar-refractivity contribution in [3.05, 3.63) is 70.9 Å². The van der Waals surface area contributed by atoms with Crippen LogP contribution in [-0.4, -0.2) is 17.8 Å². The largest absolute Gasteiger partial charge is 0.427 e. The van der Waals surface area contributed by atoms with Crippen LogP contribution in [0.1, 0.15) is 43.4 Å². The second-order valence-electron chi connectivity index (χ2n) is 6.28. The average molecular weight is 349 g/mol. The molecule has 1 heterocycles. The molecule has 0 unspecified atom stereocenters. The maximum atomic E-state index is 12.1. The Kier molecular flexibility index (Phi) is 4.98. The molecule has 5 heteroatoms. The SMILES string of the molecule is CC(=O)Oc1cccc(/C=C2\N=C(c3ccc(C(C)C)cc3)OC2=O)c1. The number of ether oxygens (including phenoxy) is 2. The van der Waals surface area contributed by atoms with Crippen LogP contribution in [0.25, 0.3) is 6.08 Å². The highest BCUT2D eigenvalue weighted by Crippen LogP contribution is 2.22. The van der Waals surface area contributed by atoms with E-state index < -0.39 is 11.9 Å². The summed E-state index contributed by atoms with van der Waals surface area (Å²) in [7, 11) is 0. The number of cyclic esters (lactones) is 1. The van der Waals surface area contributed by atoms with Gasteiger partial charge in [-0.05, 0) is 47.4 Å². The third-order valence-corrected chi connectivity index (χ3v) is 3.87. The molecule has 1 aliphatic heterocycles. The van der Waals surface area contributed by atoms with Gasteiger partial charge < -0.3 is 9.47 Å². The zero-order valence-corrected chi connectivity index (χ0v) is 14.9.